The molecule has 0 aromatic heterocycles. The number of hydrogen-bond donors (Lipinski definition) is 1. The van der Waals surface area contributed by atoms with E-state index in [-0.39, 0.29) is 11.7 Å². The molecule has 0 aliphatic heterocycles. The molecular formula is C22H15BrN2O2. The number of hydrazone groups is 1. The summed E-state index contributed by atoms with van der Waals surface area (Å²) < 4.78 is 0.893. The summed E-state index contributed by atoms with van der Waals surface area (Å²) in [7, 11) is 0. The van der Waals surface area contributed by atoms with Crippen molar-refractivity contribution in [2.75, 3.05) is 0 Å². The molecule has 4 rings (SSSR count). The fourth-order valence-electron chi connectivity index (χ4n) is 3.21. The van der Waals surface area contributed by atoms with E-state index in [1.54, 1.807) is 30.3 Å². The SMILES string of the molecule is O=C(N/N=C1/c2ccccc2C(=O)[C@H]1c1ccccc1)c1ccc(Br)cc1. The molecule has 0 unspecified atom stereocenters. The first kappa shape index (κ1) is 17.4. The highest BCUT2D eigenvalue weighted by atomic mass is 79.9. The third kappa shape index (κ3) is 3.34. The molecule has 1 aliphatic carbocycles. The number of halogens is 1. The maximum absolute atomic E-state index is 13.0. The summed E-state index contributed by atoms with van der Waals surface area (Å²) in [5, 5.41) is 4.36. The molecule has 1 amide bonds. The van der Waals surface area contributed by atoms with Crippen LogP contribution in [0.1, 0.15) is 37.8 Å². The van der Waals surface area contributed by atoms with E-state index in [1.165, 1.54) is 0 Å². The van der Waals surface area contributed by atoms with Crippen LogP contribution in [0.4, 0.5) is 0 Å². The van der Waals surface area contributed by atoms with Crippen molar-refractivity contribution in [3.63, 3.8) is 0 Å². The molecule has 1 atom stereocenters. The molecule has 0 radical (unpaired) electrons. The maximum Gasteiger partial charge on any atom is 0.271 e. The maximum atomic E-state index is 13.0. The van der Waals surface area contributed by atoms with Gasteiger partial charge in [-0.1, -0.05) is 70.5 Å². The van der Waals surface area contributed by atoms with Gasteiger partial charge in [-0.2, -0.15) is 5.10 Å². The minimum absolute atomic E-state index is 0.00607. The number of nitrogens with one attached hydrogen (secondary N) is 1. The van der Waals surface area contributed by atoms with E-state index in [4.69, 9.17) is 0 Å². The van der Waals surface area contributed by atoms with Crippen LogP contribution < -0.4 is 5.43 Å². The van der Waals surface area contributed by atoms with Gasteiger partial charge in [-0.15, -0.1) is 0 Å². The number of Topliss-reactive ketones (excluding diaryl/α,β-unsaturated/α-hetero) is 1. The fourth-order valence-corrected chi connectivity index (χ4v) is 3.48. The van der Waals surface area contributed by atoms with Crippen LogP contribution in [0.25, 0.3) is 0 Å². The predicted molar refractivity (Wildman–Crippen MR) is 108 cm³/mol. The van der Waals surface area contributed by atoms with Crippen molar-refractivity contribution < 1.29 is 9.59 Å². The van der Waals surface area contributed by atoms with E-state index >= 15 is 0 Å². The first-order valence-corrected chi connectivity index (χ1v) is 9.26. The second kappa shape index (κ2) is 7.29. The summed E-state index contributed by atoms with van der Waals surface area (Å²) in [6.45, 7) is 0. The van der Waals surface area contributed by atoms with Crippen LogP contribution in [0.3, 0.4) is 0 Å². The minimum atomic E-state index is -0.520. The molecule has 5 heteroatoms. The van der Waals surface area contributed by atoms with Gasteiger partial charge in [0, 0.05) is 21.2 Å². The topological polar surface area (TPSA) is 58.5 Å². The zero-order chi connectivity index (χ0) is 18.8. The Hall–Kier alpha value is -3.05. The summed E-state index contributed by atoms with van der Waals surface area (Å²) in [6, 6.07) is 23.9. The smallest absolute Gasteiger partial charge is 0.271 e. The highest BCUT2D eigenvalue weighted by Crippen LogP contribution is 2.34. The first-order chi connectivity index (χ1) is 13.1. The van der Waals surface area contributed by atoms with Crippen LogP contribution in [-0.4, -0.2) is 17.4 Å². The van der Waals surface area contributed by atoms with Gasteiger partial charge in [0.25, 0.3) is 5.91 Å². The van der Waals surface area contributed by atoms with E-state index < -0.39 is 5.92 Å². The van der Waals surface area contributed by atoms with Crippen molar-refractivity contribution in [1.82, 2.24) is 5.43 Å². The van der Waals surface area contributed by atoms with Crippen LogP contribution in [0.15, 0.2) is 88.4 Å². The van der Waals surface area contributed by atoms with Gasteiger partial charge in [-0.25, -0.2) is 5.43 Å². The Morgan fingerprint density at radius 2 is 1.48 bits per heavy atom. The summed E-state index contributed by atoms with van der Waals surface area (Å²) in [5.74, 6) is -0.846. The molecule has 3 aromatic rings. The molecule has 132 valence electrons. The molecule has 1 N–H and O–H groups in total. The number of benzene rings is 3. The number of ketones is 1. The minimum Gasteiger partial charge on any atom is -0.293 e. The molecule has 1 aliphatic rings. The van der Waals surface area contributed by atoms with E-state index in [2.05, 4.69) is 26.5 Å². The highest BCUT2D eigenvalue weighted by Gasteiger charge is 2.37. The third-order valence-electron chi connectivity index (χ3n) is 4.52. The summed E-state index contributed by atoms with van der Waals surface area (Å²) in [6.07, 6.45) is 0. The Bertz CT molecular complexity index is 1040. The molecule has 4 nitrogen and oxygen atoms in total. The van der Waals surface area contributed by atoms with Crippen LogP contribution >= 0.6 is 15.9 Å². The number of fused-ring (bicyclic) bond motifs is 1. The van der Waals surface area contributed by atoms with Crippen LogP contribution in [-0.2, 0) is 0 Å². The van der Waals surface area contributed by atoms with Gasteiger partial charge in [0.1, 0.15) is 0 Å². The summed E-state index contributed by atoms with van der Waals surface area (Å²) >= 11 is 3.35. The predicted octanol–water partition coefficient (Wildman–Crippen LogP) is 4.56. The van der Waals surface area contributed by atoms with Crippen molar-refractivity contribution in [1.29, 1.82) is 0 Å². The lowest BCUT2D eigenvalue weighted by Crippen LogP contribution is -2.22. The molecule has 0 saturated carbocycles. The Balaban J connectivity index is 1.71. The number of amides is 1. The fraction of sp³-hybridized carbons (Fsp3) is 0.0455. The lowest BCUT2D eigenvalue weighted by molar-refractivity contribution is 0.0950. The van der Waals surface area contributed by atoms with E-state index in [9.17, 15) is 9.59 Å². The van der Waals surface area contributed by atoms with E-state index in [1.807, 2.05) is 48.5 Å². The Labute approximate surface area is 165 Å². The molecule has 0 heterocycles. The lowest BCUT2D eigenvalue weighted by atomic mass is 9.94. The largest absolute Gasteiger partial charge is 0.293 e. The van der Waals surface area contributed by atoms with Gasteiger partial charge in [0.15, 0.2) is 5.78 Å². The second-order valence-corrected chi connectivity index (χ2v) is 7.11. The van der Waals surface area contributed by atoms with Crippen molar-refractivity contribution >= 4 is 33.3 Å². The van der Waals surface area contributed by atoms with Gasteiger partial charge in [0.05, 0.1) is 11.6 Å². The van der Waals surface area contributed by atoms with E-state index in [0.717, 1.165) is 15.6 Å². The molecule has 0 fully saturated rings. The Kier molecular flexibility index (Phi) is 4.69. The lowest BCUT2D eigenvalue weighted by Gasteiger charge is -2.11. The number of carbonyl (C=O) groups is 2. The van der Waals surface area contributed by atoms with E-state index in [0.29, 0.717) is 16.8 Å². The van der Waals surface area contributed by atoms with Gasteiger partial charge in [-0.05, 0) is 29.8 Å². The number of hydrogen-bond acceptors (Lipinski definition) is 3. The van der Waals surface area contributed by atoms with Crippen molar-refractivity contribution in [3.05, 3.63) is 106 Å². The molecule has 27 heavy (non-hydrogen) atoms. The average Bonchev–Trinajstić information content (AvgIpc) is 2.99. The number of nitrogens with zero attached hydrogens (tertiary/aromatic N) is 1. The Morgan fingerprint density at radius 3 is 2.19 bits per heavy atom. The second-order valence-electron chi connectivity index (χ2n) is 6.20. The van der Waals surface area contributed by atoms with Crippen molar-refractivity contribution in [3.8, 4) is 0 Å². The van der Waals surface area contributed by atoms with Crippen LogP contribution in [0.5, 0.6) is 0 Å². The van der Waals surface area contributed by atoms with Crippen LogP contribution in [0, 0.1) is 0 Å². The zero-order valence-electron chi connectivity index (χ0n) is 14.2. The molecular weight excluding hydrogens is 404 g/mol. The molecule has 0 bridgehead atoms. The normalized spacial score (nSPS) is 17.0. The average molecular weight is 419 g/mol. The van der Waals surface area contributed by atoms with Gasteiger partial charge >= 0.3 is 0 Å². The number of rotatable bonds is 3. The quantitative estimate of drug-likeness (QED) is 0.633. The van der Waals surface area contributed by atoms with Gasteiger partial charge in [-0.3, -0.25) is 9.59 Å². The summed E-state index contributed by atoms with van der Waals surface area (Å²) in [5.41, 5.74) is 5.90. The van der Waals surface area contributed by atoms with Crippen molar-refractivity contribution in [2.45, 2.75) is 5.92 Å². The Morgan fingerprint density at radius 1 is 0.852 bits per heavy atom. The first-order valence-electron chi connectivity index (χ1n) is 8.47. The molecule has 3 aromatic carbocycles. The zero-order valence-corrected chi connectivity index (χ0v) is 15.8. The van der Waals surface area contributed by atoms with Gasteiger partial charge in [0.2, 0.25) is 0 Å². The third-order valence-corrected chi connectivity index (χ3v) is 5.05. The van der Waals surface area contributed by atoms with Crippen LogP contribution in [0.2, 0.25) is 0 Å². The van der Waals surface area contributed by atoms with Crippen molar-refractivity contribution in [2.24, 2.45) is 5.10 Å². The summed E-state index contributed by atoms with van der Waals surface area (Å²) in [4.78, 5) is 25.4. The monoisotopic (exact) mass is 418 g/mol. The molecule has 0 spiro atoms. The van der Waals surface area contributed by atoms with Gasteiger partial charge < -0.3 is 0 Å². The highest BCUT2D eigenvalue weighted by molar-refractivity contribution is 9.10. The standard InChI is InChI=1S/C22H15BrN2O2/c23-16-12-10-15(11-13-16)22(27)25-24-20-17-8-4-5-9-18(17)21(26)19(20)14-6-2-1-3-7-14/h1-13,19H,(H,25,27)/b24-20-/t19-/m0/s1. The number of carbonyl (C=O) groups excluding carboxylic acids is 2. The molecule has 0 saturated heterocycles.